The molecule has 1 aromatic rings. The first-order valence-electron chi connectivity index (χ1n) is 8.80. The molecule has 0 spiro atoms. The van der Waals surface area contributed by atoms with Crippen LogP contribution in [0, 0.1) is 17.2 Å². The van der Waals surface area contributed by atoms with Gasteiger partial charge in [0.05, 0.1) is 11.5 Å². The lowest BCUT2D eigenvalue weighted by Crippen LogP contribution is -2.41. The number of nitrogens with zero attached hydrogens (tertiary/aromatic N) is 2. The summed E-state index contributed by atoms with van der Waals surface area (Å²) in [6, 6.07) is 13.3. The number of benzene rings is 1. The Balaban J connectivity index is 1.56. The van der Waals surface area contributed by atoms with Crippen LogP contribution in [-0.2, 0) is 5.41 Å². The molecule has 2 N–H and O–H groups in total. The van der Waals surface area contributed by atoms with Gasteiger partial charge < -0.3 is 15.3 Å². The Morgan fingerprint density at radius 2 is 2.00 bits per heavy atom. The van der Waals surface area contributed by atoms with Gasteiger partial charge >= 0.3 is 6.09 Å². The van der Waals surface area contributed by atoms with Crippen molar-refractivity contribution in [3.63, 3.8) is 0 Å². The van der Waals surface area contributed by atoms with Crippen LogP contribution in [0.25, 0.3) is 0 Å². The molecule has 1 saturated heterocycles. The number of rotatable bonds is 4. The summed E-state index contributed by atoms with van der Waals surface area (Å²) in [5.74, 6) is 0.415. The fraction of sp³-hybridized carbons (Fsp3) is 0.579. The number of carboxylic acid groups (broad SMARTS) is 1. The van der Waals surface area contributed by atoms with Gasteiger partial charge in [0.2, 0.25) is 0 Å². The van der Waals surface area contributed by atoms with E-state index in [0.29, 0.717) is 18.5 Å². The minimum absolute atomic E-state index is 0.332. The number of hydrogen-bond donors (Lipinski definition) is 2. The molecule has 1 aliphatic carbocycles. The summed E-state index contributed by atoms with van der Waals surface area (Å²) in [5, 5.41) is 21.0. The van der Waals surface area contributed by atoms with Crippen LogP contribution >= 0.6 is 0 Å². The average Bonchev–Trinajstić information content (AvgIpc) is 3.10. The van der Waals surface area contributed by atoms with Crippen molar-refractivity contribution in [3.05, 3.63) is 35.9 Å². The number of nitrogens with one attached hydrogen (secondary N) is 1. The molecule has 3 rings (SSSR count). The lowest BCUT2D eigenvalue weighted by atomic mass is 9.69. The highest BCUT2D eigenvalue weighted by atomic mass is 16.4. The number of likely N-dealkylation sites (tertiary alicyclic amines) is 1. The van der Waals surface area contributed by atoms with Crippen LogP contribution in [0.15, 0.2) is 30.3 Å². The number of amides is 1. The second-order valence-corrected chi connectivity index (χ2v) is 7.13. The molecule has 5 heteroatoms. The summed E-state index contributed by atoms with van der Waals surface area (Å²) in [6.45, 7) is 2.56. The highest BCUT2D eigenvalue weighted by Crippen LogP contribution is 2.41. The van der Waals surface area contributed by atoms with Gasteiger partial charge in [-0.25, -0.2) is 4.79 Å². The maximum absolute atomic E-state index is 10.6. The molecule has 0 aromatic heterocycles. The van der Waals surface area contributed by atoms with E-state index in [2.05, 4.69) is 28.4 Å². The minimum atomic E-state index is -0.937. The summed E-state index contributed by atoms with van der Waals surface area (Å²) in [7, 11) is 0. The molecule has 1 atom stereocenters. The van der Waals surface area contributed by atoms with E-state index in [1.165, 1.54) is 0 Å². The predicted octanol–water partition coefficient (Wildman–Crippen LogP) is 2.98. The Morgan fingerprint density at radius 3 is 2.62 bits per heavy atom. The Kier molecular flexibility index (Phi) is 5.06. The van der Waals surface area contributed by atoms with Crippen molar-refractivity contribution in [2.24, 2.45) is 5.92 Å². The monoisotopic (exact) mass is 327 g/mol. The van der Waals surface area contributed by atoms with Gasteiger partial charge in [-0.3, -0.25) is 0 Å². The fourth-order valence-electron chi connectivity index (χ4n) is 4.28. The molecule has 2 fully saturated rings. The van der Waals surface area contributed by atoms with Gasteiger partial charge in [-0.2, -0.15) is 5.26 Å². The summed E-state index contributed by atoms with van der Waals surface area (Å²) < 4.78 is 0. The standard InChI is InChI=1S/C19H25N3O2/c20-14-19(16-4-2-1-3-5-16)9-6-17(7-10-19)22-11-8-15(13-22)12-21-18(23)24/h1-5,15,17,21H,6-13H2,(H,23,24)/t15-,17?,19?/m1/s1. The van der Waals surface area contributed by atoms with E-state index in [1.54, 1.807) is 0 Å². The van der Waals surface area contributed by atoms with Crippen molar-refractivity contribution in [1.29, 1.82) is 5.26 Å². The summed E-state index contributed by atoms with van der Waals surface area (Å²) in [5.41, 5.74) is 0.817. The van der Waals surface area contributed by atoms with Gasteiger partial charge in [-0.05, 0) is 50.1 Å². The topological polar surface area (TPSA) is 76.4 Å². The first-order valence-corrected chi connectivity index (χ1v) is 8.80. The van der Waals surface area contributed by atoms with Crippen molar-refractivity contribution in [2.75, 3.05) is 19.6 Å². The van der Waals surface area contributed by atoms with E-state index in [0.717, 1.165) is 50.8 Å². The van der Waals surface area contributed by atoms with Crippen molar-refractivity contribution in [2.45, 2.75) is 43.6 Å². The van der Waals surface area contributed by atoms with Gasteiger partial charge in [-0.15, -0.1) is 0 Å². The summed E-state index contributed by atoms with van der Waals surface area (Å²) in [6.07, 6.45) is 4.02. The van der Waals surface area contributed by atoms with Crippen molar-refractivity contribution in [1.82, 2.24) is 10.2 Å². The van der Waals surface area contributed by atoms with Crippen LogP contribution in [0.4, 0.5) is 4.79 Å². The third kappa shape index (κ3) is 3.54. The third-order valence-corrected chi connectivity index (χ3v) is 5.72. The number of nitriles is 1. The van der Waals surface area contributed by atoms with Gasteiger partial charge in [0.15, 0.2) is 0 Å². The number of hydrogen-bond acceptors (Lipinski definition) is 3. The van der Waals surface area contributed by atoms with Crippen LogP contribution in [0.3, 0.4) is 0 Å². The Morgan fingerprint density at radius 1 is 1.29 bits per heavy atom. The molecule has 5 nitrogen and oxygen atoms in total. The lowest BCUT2D eigenvalue weighted by Gasteiger charge is -2.39. The summed E-state index contributed by atoms with van der Waals surface area (Å²) in [4.78, 5) is 13.1. The average molecular weight is 327 g/mol. The van der Waals surface area contributed by atoms with E-state index in [4.69, 9.17) is 5.11 Å². The van der Waals surface area contributed by atoms with Gasteiger partial charge in [0.25, 0.3) is 0 Å². The van der Waals surface area contributed by atoms with Crippen LogP contribution in [-0.4, -0.2) is 41.8 Å². The molecule has 1 aliphatic heterocycles. The quantitative estimate of drug-likeness (QED) is 0.891. The molecule has 0 bridgehead atoms. The Hall–Kier alpha value is -2.06. The molecule has 0 unspecified atom stereocenters. The van der Waals surface area contributed by atoms with Crippen molar-refractivity contribution in [3.8, 4) is 6.07 Å². The highest BCUT2D eigenvalue weighted by molar-refractivity contribution is 5.64. The van der Waals surface area contributed by atoms with Crippen molar-refractivity contribution < 1.29 is 9.90 Å². The molecule has 0 radical (unpaired) electrons. The largest absolute Gasteiger partial charge is 0.465 e. The van der Waals surface area contributed by atoms with E-state index in [1.807, 2.05) is 18.2 Å². The molecule has 24 heavy (non-hydrogen) atoms. The lowest BCUT2D eigenvalue weighted by molar-refractivity contribution is 0.159. The molecular formula is C19H25N3O2. The highest BCUT2D eigenvalue weighted by Gasteiger charge is 2.39. The SMILES string of the molecule is N#CC1(c2ccccc2)CCC(N2CC[C@H](CNC(=O)O)C2)CC1. The molecule has 128 valence electrons. The maximum atomic E-state index is 10.6. The minimum Gasteiger partial charge on any atom is -0.465 e. The zero-order valence-corrected chi connectivity index (χ0v) is 13.9. The Bertz CT molecular complexity index is 603. The van der Waals surface area contributed by atoms with Crippen LogP contribution in [0.2, 0.25) is 0 Å². The van der Waals surface area contributed by atoms with Gasteiger partial charge in [0, 0.05) is 19.1 Å². The molecular weight excluding hydrogens is 302 g/mol. The zero-order chi connectivity index (χ0) is 17.0. The maximum Gasteiger partial charge on any atom is 0.404 e. The van der Waals surface area contributed by atoms with E-state index in [-0.39, 0.29) is 5.41 Å². The first-order chi connectivity index (χ1) is 11.6. The number of carbonyl (C=O) groups is 1. The molecule has 1 heterocycles. The van der Waals surface area contributed by atoms with E-state index in [9.17, 15) is 10.1 Å². The summed E-state index contributed by atoms with van der Waals surface area (Å²) >= 11 is 0. The Labute approximate surface area is 143 Å². The van der Waals surface area contributed by atoms with Crippen LogP contribution in [0.5, 0.6) is 0 Å². The van der Waals surface area contributed by atoms with E-state index >= 15 is 0 Å². The smallest absolute Gasteiger partial charge is 0.404 e. The third-order valence-electron chi connectivity index (χ3n) is 5.72. The second-order valence-electron chi connectivity index (χ2n) is 7.13. The first kappa shape index (κ1) is 16.8. The van der Waals surface area contributed by atoms with Crippen LogP contribution in [0.1, 0.15) is 37.7 Å². The van der Waals surface area contributed by atoms with E-state index < -0.39 is 6.09 Å². The second kappa shape index (κ2) is 7.23. The normalized spacial score (nSPS) is 30.6. The predicted molar refractivity (Wildman–Crippen MR) is 91.7 cm³/mol. The molecule has 2 aliphatic rings. The molecule has 1 saturated carbocycles. The van der Waals surface area contributed by atoms with Crippen molar-refractivity contribution >= 4 is 6.09 Å². The fourth-order valence-corrected chi connectivity index (χ4v) is 4.28. The zero-order valence-electron chi connectivity index (χ0n) is 13.9. The molecule has 1 aromatic carbocycles. The van der Waals surface area contributed by atoms with Gasteiger partial charge in [0.1, 0.15) is 0 Å². The van der Waals surface area contributed by atoms with Gasteiger partial charge in [-0.1, -0.05) is 30.3 Å². The molecule has 1 amide bonds. The van der Waals surface area contributed by atoms with Crippen LogP contribution < -0.4 is 5.32 Å².